The van der Waals surface area contributed by atoms with Crippen molar-refractivity contribution in [3.05, 3.63) is 101 Å². The van der Waals surface area contributed by atoms with Crippen molar-refractivity contribution in [1.29, 1.82) is 0 Å². The number of aromatic nitrogens is 4. The fraction of sp³-hybridized carbons (Fsp3) is 0.0870. The highest BCUT2D eigenvalue weighted by Crippen LogP contribution is 2.29. The van der Waals surface area contributed by atoms with Crippen LogP contribution in [-0.2, 0) is 0 Å². The molecule has 5 rings (SSSR count). The van der Waals surface area contributed by atoms with Gasteiger partial charge in [-0.2, -0.15) is 14.9 Å². The molecule has 0 saturated carbocycles. The molecule has 0 saturated heterocycles. The maximum absolute atomic E-state index is 13.1. The van der Waals surface area contributed by atoms with Crippen molar-refractivity contribution >= 4 is 10.9 Å². The van der Waals surface area contributed by atoms with Gasteiger partial charge >= 0.3 is 5.56 Å². The lowest BCUT2D eigenvalue weighted by Gasteiger charge is -2.19. The highest BCUT2D eigenvalue weighted by atomic mass is 16.1. The molecule has 5 heteroatoms. The summed E-state index contributed by atoms with van der Waals surface area (Å²) < 4.78 is 3.35. The van der Waals surface area contributed by atoms with Crippen LogP contribution in [0, 0.1) is 0 Å². The lowest BCUT2D eigenvalue weighted by molar-refractivity contribution is 0.576. The molecule has 0 amide bonds. The van der Waals surface area contributed by atoms with Crippen LogP contribution in [0.5, 0.6) is 0 Å². The lowest BCUT2D eigenvalue weighted by atomic mass is 10.1. The number of hydrogen-bond acceptors (Lipinski definition) is 3. The number of hydrogen-bond donors (Lipinski definition) is 0. The van der Waals surface area contributed by atoms with E-state index >= 15 is 0 Å². The summed E-state index contributed by atoms with van der Waals surface area (Å²) >= 11 is 0. The molecule has 28 heavy (non-hydrogen) atoms. The summed E-state index contributed by atoms with van der Waals surface area (Å²) in [6.07, 6.45) is 0. The normalized spacial score (nSPS) is 12.5. The summed E-state index contributed by atoms with van der Waals surface area (Å²) in [5, 5.41) is 10.3. The van der Waals surface area contributed by atoms with Gasteiger partial charge in [-0.3, -0.25) is 9.48 Å². The van der Waals surface area contributed by atoms with Crippen LogP contribution in [-0.4, -0.2) is 19.6 Å². The highest BCUT2D eigenvalue weighted by Gasteiger charge is 2.24. The van der Waals surface area contributed by atoms with Crippen LogP contribution in [0.2, 0.25) is 0 Å². The Labute approximate surface area is 161 Å². The Morgan fingerprint density at radius 1 is 0.750 bits per heavy atom. The van der Waals surface area contributed by atoms with Gasteiger partial charge in [-0.25, -0.2) is 0 Å². The summed E-state index contributed by atoms with van der Waals surface area (Å²) in [4.78, 5) is 13.1. The van der Waals surface area contributed by atoms with Crippen molar-refractivity contribution < 1.29 is 0 Å². The molecule has 0 aliphatic carbocycles. The monoisotopic (exact) mass is 366 g/mol. The SMILES string of the molecule is CC(c1ccccc1)n1nc2c(=O)n(-c3ccccc3)nc-2c2ccccc21. The summed E-state index contributed by atoms with van der Waals surface area (Å²) in [5.41, 5.74) is 3.61. The van der Waals surface area contributed by atoms with E-state index in [9.17, 15) is 4.79 Å². The van der Waals surface area contributed by atoms with E-state index in [2.05, 4.69) is 24.2 Å². The Balaban J connectivity index is 1.81. The molecule has 1 unspecified atom stereocenters. The molecule has 2 aliphatic rings. The number of rotatable bonds is 3. The first kappa shape index (κ1) is 16.4. The van der Waals surface area contributed by atoms with E-state index in [1.165, 1.54) is 4.68 Å². The molecule has 3 aromatic carbocycles. The molecule has 0 radical (unpaired) electrons. The summed E-state index contributed by atoms with van der Waals surface area (Å²) in [6.45, 7) is 2.09. The average Bonchev–Trinajstić information content (AvgIpc) is 3.10. The third kappa shape index (κ3) is 2.52. The minimum Gasteiger partial charge on any atom is -0.265 e. The predicted molar refractivity (Wildman–Crippen MR) is 110 cm³/mol. The van der Waals surface area contributed by atoms with Gasteiger partial charge in [0.15, 0.2) is 5.69 Å². The van der Waals surface area contributed by atoms with Gasteiger partial charge in [0.05, 0.1) is 17.2 Å². The first-order chi connectivity index (χ1) is 13.7. The van der Waals surface area contributed by atoms with Crippen LogP contribution in [0.25, 0.3) is 28.0 Å². The second-order valence-corrected chi connectivity index (χ2v) is 6.80. The molecule has 0 fully saturated rings. The highest BCUT2D eigenvalue weighted by molar-refractivity contribution is 5.92. The van der Waals surface area contributed by atoms with Crippen LogP contribution in [0.4, 0.5) is 0 Å². The molecule has 0 aromatic heterocycles. The molecule has 2 aliphatic heterocycles. The van der Waals surface area contributed by atoms with Gasteiger partial charge in [-0.1, -0.05) is 66.7 Å². The largest absolute Gasteiger partial charge is 0.301 e. The zero-order valence-electron chi connectivity index (χ0n) is 15.4. The standard InChI is InChI=1S/C23H18N4O/c1-16(17-10-4-2-5-11-17)26-20-15-9-8-14-19(20)21-22(25-26)23(28)27(24-21)18-12-6-3-7-13-18/h2-16H,1H3. The Hall–Kier alpha value is -3.73. The predicted octanol–water partition coefficient (Wildman–Crippen LogP) is 4.30. The second kappa shape index (κ2) is 6.46. The zero-order valence-corrected chi connectivity index (χ0v) is 15.4. The van der Waals surface area contributed by atoms with Crippen molar-refractivity contribution in [2.45, 2.75) is 13.0 Å². The summed E-state index contributed by atoms with van der Waals surface area (Å²) in [7, 11) is 0. The minimum atomic E-state index is -0.207. The van der Waals surface area contributed by atoms with Crippen LogP contribution >= 0.6 is 0 Å². The van der Waals surface area contributed by atoms with Gasteiger partial charge in [-0.15, -0.1) is 0 Å². The quantitative estimate of drug-likeness (QED) is 0.478. The molecule has 136 valence electrons. The molecule has 0 N–H and O–H groups in total. The van der Waals surface area contributed by atoms with E-state index in [-0.39, 0.29) is 11.6 Å². The smallest absolute Gasteiger partial charge is 0.265 e. The van der Waals surface area contributed by atoms with E-state index in [4.69, 9.17) is 5.10 Å². The maximum Gasteiger partial charge on any atom is 0.301 e. The van der Waals surface area contributed by atoms with Crippen molar-refractivity contribution in [1.82, 2.24) is 19.6 Å². The van der Waals surface area contributed by atoms with Crippen molar-refractivity contribution in [3.63, 3.8) is 0 Å². The lowest BCUT2D eigenvalue weighted by Crippen LogP contribution is -2.19. The average molecular weight is 366 g/mol. The molecule has 1 atom stereocenters. The summed E-state index contributed by atoms with van der Waals surface area (Å²) in [5.74, 6) is 0. The molecule has 0 spiro atoms. The van der Waals surface area contributed by atoms with Crippen LogP contribution in [0.1, 0.15) is 18.5 Å². The van der Waals surface area contributed by atoms with Crippen LogP contribution < -0.4 is 5.56 Å². The van der Waals surface area contributed by atoms with Gasteiger partial charge in [0.1, 0.15) is 5.69 Å². The minimum absolute atomic E-state index is 0.0185. The van der Waals surface area contributed by atoms with Gasteiger partial charge < -0.3 is 0 Å². The fourth-order valence-corrected chi connectivity index (χ4v) is 3.61. The van der Waals surface area contributed by atoms with Gasteiger partial charge in [0.2, 0.25) is 0 Å². The molecule has 3 aromatic rings. The Kier molecular flexibility index (Phi) is 3.79. The van der Waals surface area contributed by atoms with E-state index < -0.39 is 0 Å². The third-order valence-electron chi connectivity index (χ3n) is 5.08. The number of nitrogens with zero attached hydrogens (tertiary/aromatic N) is 4. The van der Waals surface area contributed by atoms with Crippen LogP contribution in [0.3, 0.4) is 0 Å². The molecule has 0 bridgehead atoms. The van der Waals surface area contributed by atoms with Crippen LogP contribution in [0.15, 0.2) is 89.7 Å². The Morgan fingerprint density at radius 3 is 2.14 bits per heavy atom. The Morgan fingerprint density at radius 2 is 1.39 bits per heavy atom. The topological polar surface area (TPSA) is 52.7 Å². The number of fused-ring (bicyclic) bond motifs is 3. The maximum atomic E-state index is 13.1. The van der Waals surface area contributed by atoms with E-state index in [0.29, 0.717) is 11.4 Å². The van der Waals surface area contributed by atoms with E-state index in [1.54, 1.807) is 0 Å². The Bertz CT molecular complexity index is 1290. The van der Waals surface area contributed by atoms with Gasteiger partial charge in [-0.05, 0) is 30.7 Å². The zero-order chi connectivity index (χ0) is 19.1. The first-order valence-corrected chi connectivity index (χ1v) is 9.25. The molecule has 2 heterocycles. The number of para-hydroxylation sites is 2. The number of benzene rings is 3. The van der Waals surface area contributed by atoms with Gasteiger partial charge in [0.25, 0.3) is 0 Å². The van der Waals surface area contributed by atoms with E-state index in [1.807, 2.05) is 77.5 Å². The molecule has 5 nitrogen and oxygen atoms in total. The fourth-order valence-electron chi connectivity index (χ4n) is 3.61. The van der Waals surface area contributed by atoms with E-state index in [0.717, 1.165) is 22.2 Å². The summed E-state index contributed by atoms with van der Waals surface area (Å²) in [6, 6.07) is 27.6. The third-order valence-corrected chi connectivity index (χ3v) is 5.08. The van der Waals surface area contributed by atoms with Crippen molar-refractivity contribution in [3.8, 4) is 17.1 Å². The van der Waals surface area contributed by atoms with Crippen molar-refractivity contribution in [2.24, 2.45) is 0 Å². The van der Waals surface area contributed by atoms with Crippen molar-refractivity contribution in [2.75, 3.05) is 0 Å². The van der Waals surface area contributed by atoms with Gasteiger partial charge in [0, 0.05) is 5.39 Å². The molecular weight excluding hydrogens is 348 g/mol. The molecular formula is C23H18N4O. The first-order valence-electron chi connectivity index (χ1n) is 9.25. The second-order valence-electron chi connectivity index (χ2n) is 6.80.